The summed E-state index contributed by atoms with van der Waals surface area (Å²) in [7, 11) is 1.61. The van der Waals surface area contributed by atoms with Gasteiger partial charge in [-0.1, -0.05) is 31.2 Å². The number of amides is 1. The molecule has 2 atom stereocenters. The second-order valence-corrected chi connectivity index (χ2v) is 9.81. The van der Waals surface area contributed by atoms with Crippen LogP contribution in [-0.2, 0) is 17.6 Å². The molecule has 174 valence electrons. The lowest BCUT2D eigenvalue weighted by Crippen LogP contribution is -2.38. The molecule has 5 rings (SSSR count). The van der Waals surface area contributed by atoms with Gasteiger partial charge in [-0.15, -0.1) is 11.3 Å². The van der Waals surface area contributed by atoms with Crippen molar-refractivity contribution in [2.45, 2.75) is 32.4 Å². The highest BCUT2D eigenvalue weighted by Crippen LogP contribution is 2.42. The molecule has 2 aromatic carbocycles. The quantitative estimate of drug-likeness (QED) is 0.296. The van der Waals surface area contributed by atoms with Gasteiger partial charge in [0, 0.05) is 11.0 Å². The number of thiophene rings is 1. The van der Waals surface area contributed by atoms with Crippen LogP contribution < -0.4 is 20.1 Å². The molecule has 1 aliphatic heterocycles. The predicted octanol–water partition coefficient (Wildman–Crippen LogP) is 5.35. The maximum atomic E-state index is 12.9. The Morgan fingerprint density at radius 1 is 1.06 bits per heavy atom. The van der Waals surface area contributed by atoms with E-state index in [4.69, 9.17) is 9.47 Å². The molecule has 1 aliphatic carbocycles. The Bertz CT molecular complexity index is 1240. The lowest BCUT2D eigenvalue weighted by atomic mass is 9.88. The number of esters is 1. The van der Waals surface area contributed by atoms with E-state index >= 15 is 0 Å². The number of hydrogen-bond acceptors (Lipinski definition) is 6. The molecule has 2 N–H and O–H groups in total. The van der Waals surface area contributed by atoms with E-state index in [1.54, 1.807) is 36.7 Å². The van der Waals surface area contributed by atoms with Gasteiger partial charge in [0.2, 0.25) is 0 Å². The molecule has 0 saturated heterocycles. The lowest BCUT2D eigenvalue weighted by Gasteiger charge is -2.27. The van der Waals surface area contributed by atoms with E-state index in [1.165, 1.54) is 16.5 Å². The predicted molar refractivity (Wildman–Crippen MR) is 133 cm³/mol. The van der Waals surface area contributed by atoms with Gasteiger partial charge in [0.1, 0.15) is 22.7 Å². The van der Waals surface area contributed by atoms with Crippen LogP contribution in [0.2, 0.25) is 0 Å². The highest BCUT2D eigenvalue weighted by atomic mass is 32.1. The first kappa shape index (κ1) is 22.2. The number of carbonyl (C=O) groups excluding carboxylic acids is 2. The maximum absolute atomic E-state index is 12.9. The van der Waals surface area contributed by atoms with Crippen molar-refractivity contribution in [1.29, 1.82) is 0 Å². The highest BCUT2D eigenvalue weighted by Gasteiger charge is 2.33. The molecule has 2 aliphatic rings. The van der Waals surface area contributed by atoms with Crippen molar-refractivity contribution >= 4 is 34.3 Å². The largest absolute Gasteiger partial charge is 0.497 e. The highest BCUT2D eigenvalue weighted by molar-refractivity contribution is 7.16. The molecule has 2 heterocycles. The molecule has 1 amide bonds. The van der Waals surface area contributed by atoms with Crippen molar-refractivity contribution in [2.24, 2.45) is 5.92 Å². The minimum Gasteiger partial charge on any atom is -0.497 e. The zero-order valence-electron chi connectivity index (χ0n) is 19.1. The van der Waals surface area contributed by atoms with Crippen LogP contribution in [0.15, 0.2) is 54.6 Å². The molecule has 0 fully saturated rings. The van der Waals surface area contributed by atoms with Gasteiger partial charge in [-0.3, -0.25) is 4.79 Å². The number of hydrogen-bond donors (Lipinski definition) is 2. The van der Waals surface area contributed by atoms with Gasteiger partial charge in [0.05, 0.1) is 12.7 Å². The molecule has 0 bridgehead atoms. The SMILES string of the molecule is COc1ccc(C=CC(=O)Oc2ccc(C3NC(=O)c4c(sc5c4CCC(C)C5)N3)cc2)cc1. The van der Waals surface area contributed by atoms with Crippen molar-refractivity contribution in [3.8, 4) is 11.5 Å². The second-order valence-electron chi connectivity index (χ2n) is 8.70. The van der Waals surface area contributed by atoms with Gasteiger partial charge in [-0.2, -0.15) is 0 Å². The van der Waals surface area contributed by atoms with Crippen molar-refractivity contribution in [2.75, 3.05) is 12.4 Å². The summed E-state index contributed by atoms with van der Waals surface area (Å²) in [6, 6.07) is 14.6. The standard InChI is InChI=1S/C27H26N2O4S/c1-16-3-13-21-22(15-16)34-27-24(21)26(31)28-25(29-27)18-7-11-20(12-8-18)33-23(30)14-6-17-4-9-19(32-2)10-5-17/h4-12,14,16,25,29H,3,13,15H2,1-2H3,(H,28,31). The Morgan fingerprint density at radius 3 is 2.53 bits per heavy atom. The van der Waals surface area contributed by atoms with E-state index in [2.05, 4.69) is 17.6 Å². The average Bonchev–Trinajstić information content (AvgIpc) is 3.21. The van der Waals surface area contributed by atoms with Gasteiger partial charge in [0.25, 0.3) is 5.91 Å². The van der Waals surface area contributed by atoms with Gasteiger partial charge in [-0.05, 0) is 72.2 Å². The number of ether oxygens (including phenoxy) is 2. The van der Waals surface area contributed by atoms with E-state index in [9.17, 15) is 9.59 Å². The summed E-state index contributed by atoms with van der Waals surface area (Å²) >= 11 is 1.70. The summed E-state index contributed by atoms with van der Waals surface area (Å²) < 4.78 is 10.5. The van der Waals surface area contributed by atoms with E-state index in [-0.39, 0.29) is 12.1 Å². The van der Waals surface area contributed by atoms with E-state index in [0.29, 0.717) is 11.7 Å². The molecule has 3 aromatic rings. The molecule has 34 heavy (non-hydrogen) atoms. The first-order valence-corrected chi connectivity index (χ1v) is 12.2. The monoisotopic (exact) mass is 474 g/mol. The van der Waals surface area contributed by atoms with Crippen molar-refractivity contribution < 1.29 is 19.1 Å². The zero-order chi connectivity index (χ0) is 23.7. The Balaban J connectivity index is 1.23. The van der Waals surface area contributed by atoms with Crippen LogP contribution in [-0.4, -0.2) is 19.0 Å². The Hall–Kier alpha value is -3.58. The van der Waals surface area contributed by atoms with Gasteiger partial charge >= 0.3 is 5.97 Å². The summed E-state index contributed by atoms with van der Waals surface area (Å²) in [4.78, 5) is 26.4. The number of fused-ring (bicyclic) bond motifs is 3. The van der Waals surface area contributed by atoms with E-state index in [1.807, 2.05) is 36.4 Å². The summed E-state index contributed by atoms with van der Waals surface area (Å²) in [5.74, 6) is 1.37. The number of benzene rings is 2. The van der Waals surface area contributed by atoms with Crippen molar-refractivity contribution in [1.82, 2.24) is 5.32 Å². The zero-order valence-corrected chi connectivity index (χ0v) is 19.9. The Kier molecular flexibility index (Phi) is 6.11. The van der Waals surface area contributed by atoms with E-state index < -0.39 is 5.97 Å². The van der Waals surface area contributed by atoms with Gasteiger partial charge < -0.3 is 20.1 Å². The fourth-order valence-electron chi connectivity index (χ4n) is 4.39. The van der Waals surface area contributed by atoms with Crippen molar-refractivity contribution in [3.05, 3.63) is 81.7 Å². The molecule has 0 spiro atoms. The van der Waals surface area contributed by atoms with Crippen LogP contribution in [0.3, 0.4) is 0 Å². The van der Waals surface area contributed by atoms with Crippen LogP contribution >= 0.6 is 11.3 Å². The topological polar surface area (TPSA) is 76.7 Å². The fraction of sp³-hybridized carbons (Fsp3) is 0.259. The molecule has 0 radical (unpaired) electrons. The Morgan fingerprint density at radius 2 is 1.79 bits per heavy atom. The molecule has 0 saturated carbocycles. The van der Waals surface area contributed by atoms with Crippen LogP contribution in [0.5, 0.6) is 11.5 Å². The fourth-order valence-corrected chi connectivity index (χ4v) is 5.82. The lowest BCUT2D eigenvalue weighted by molar-refractivity contribution is -0.128. The van der Waals surface area contributed by atoms with Gasteiger partial charge in [-0.25, -0.2) is 4.79 Å². The van der Waals surface area contributed by atoms with Crippen LogP contribution in [0.25, 0.3) is 6.08 Å². The third kappa shape index (κ3) is 4.56. The number of methoxy groups -OCH3 is 1. The number of carbonyl (C=O) groups is 2. The minimum absolute atomic E-state index is 0.0232. The molecular formula is C27H26N2O4S. The van der Waals surface area contributed by atoms with Crippen molar-refractivity contribution in [3.63, 3.8) is 0 Å². The Labute approximate surface area is 202 Å². The van der Waals surface area contributed by atoms with Crippen LogP contribution in [0, 0.1) is 5.92 Å². The third-order valence-corrected chi connectivity index (χ3v) is 7.43. The second kappa shape index (κ2) is 9.35. The van der Waals surface area contributed by atoms with Crippen LogP contribution in [0.4, 0.5) is 5.00 Å². The summed E-state index contributed by atoms with van der Waals surface area (Å²) in [5.41, 5.74) is 3.80. The average molecular weight is 475 g/mol. The molecule has 2 unspecified atom stereocenters. The summed E-state index contributed by atoms with van der Waals surface area (Å²) in [6.07, 6.45) is 5.89. The summed E-state index contributed by atoms with van der Waals surface area (Å²) in [5, 5.41) is 7.50. The molecule has 7 heteroatoms. The minimum atomic E-state index is -0.462. The number of nitrogens with one attached hydrogen (secondary N) is 2. The first-order chi connectivity index (χ1) is 16.5. The molecular weight excluding hydrogens is 448 g/mol. The number of rotatable bonds is 5. The van der Waals surface area contributed by atoms with Crippen LogP contribution in [0.1, 0.15) is 51.4 Å². The maximum Gasteiger partial charge on any atom is 0.336 e. The first-order valence-electron chi connectivity index (χ1n) is 11.4. The van der Waals surface area contributed by atoms with Gasteiger partial charge in [0.15, 0.2) is 0 Å². The smallest absolute Gasteiger partial charge is 0.336 e. The van der Waals surface area contributed by atoms with E-state index in [0.717, 1.165) is 46.7 Å². The normalized spacial score (nSPS) is 19.1. The summed E-state index contributed by atoms with van der Waals surface area (Å²) in [6.45, 7) is 2.27. The third-order valence-electron chi connectivity index (χ3n) is 6.25. The number of anilines is 1. The molecule has 1 aromatic heterocycles. The molecule has 6 nitrogen and oxygen atoms in total.